The lowest BCUT2D eigenvalue weighted by Crippen LogP contribution is -2.51. The summed E-state index contributed by atoms with van der Waals surface area (Å²) in [5, 5.41) is 4.61. The number of hydrogen-bond acceptors (Lipinski definition) is 5. The van der Waals surface area contributed by atoms with E-state index >= 15 is 0 Å². The van der Waals surface area contributed by atoms with Gasteiger partial charge in [0.15, 0.2) is 5.58 Å². The van der Waals surface area contributed by atoms with Crippen LogP contribution in [0.2, 0.25) is 0 Å². The van der Waals surface area contributed by atoms with Crippen molar-refractivity contribution in [2.75, 3.05) is 19.7 Å². The topological polar surface area (TPSA) is 64.8 Å². The van der Waals surface area contributed by atoms with E-state index in [1.165, 1.54) is 19.1 Å². The van der Waals surface area contributed by atoms with Crippen molar-refractivity contribution in [3.63, 3.8) is 0 Å². The Balaban J connectivity index is 1.47. The lowest BCUT2D eigenvalue weighted by molar-refractivity contribution is -0.274. The first-order valence-corrected chi connectivity index (χ1v) is 8.92. The minimum Gasteiger partial charge on any atom is -0.475 e. The largest absolute Gasteiger partial charge is 0.573 e. The van der Waals surface area contributed by atoms with Crippen LogP contribution < -0.4 is 9.47 Å². The molecule has 0 spiro atoms. The summed E-state index contributed by atoms with van der Waals surface area (Å²) in [6.07, 6.45) is -4.73. The highest BCUT2D eigenvalue weighted by Gasteiger charge is 2.31. The fourth-order valence-electron chi connectivity index (χ4n) is 3.18. The Morgan fingerprint density at radius 3 is 2.52 bits per heavy atom. The number of aromatic nitrogens is 1. The third-order valence-corrected chi connectivity index (χ3v) is 4.72. The Hall–Kier alpha value is -3.23. The van der Waals surface area contributed by atoms with E-state index in [4.69, 9.17) is 9.26 Å². The van der Waals surface area contributed by atoms with Gasteiger partial charge in [-0.25, -0.2) is 0 Å². The average molecular weight is 406 g/mol. The van der Waals surface area contributed by atoms with Gasteiger partial charge < -0.3 is 18.9 Å². The number of carbonyl (C=O) groups excluding carboxylic acids is 1. The van der Waals surface area contributed by atoms with Gasteiger partial charge in [0.1, 0.15) is 5.75 Å². The fourth-order valence-corrected chi connectivity index (χ4v) is 3.18. The number of nitrogens with zero attached hydrogens (tertiary/aromatic N) is 2. The summed E-state index contributed by atoms with van der Waals surface area (Å²) in [5.74, 6) is 0.357. The van der Waals surface area contributed by atoms with Crippen LogP contribution in [0.4, 0.5) is 13.2 Å². The molecular weight excluding hydrogens is 389 g/mol. The van der Waals surface area contributed by atoms with Crippen LogP contribution in [-0.4, -0.2) is 42.0 Å². The van der Waals surface area contributed by atoms with Gasteiger partial charge in [0.05, 0.1) is 12.0 Å². The number of carbonyl (C=O) groups is 1. The van der Waals surface area contributed by atoms with Crippen LogP contribution >= 0.6 is 0 Å². The van der Waals surface area contributed by atoms with Crippen LogP contribution in [0.5, 0.6) is 11.6 Å². The second kappa shape index (κ2) is 7.31. The molecule has 152 valence electrons. The number of amides is 1. The van der Waals surface area contributed by atoms with E-state index in [0.29, 0.717) is 42.1 Å². The molecule has 29 heavy (non-hydrogen) atoms. The van der Waals surface area contributed by atoms with Gasteiger partial charge in [-0.1, -0.05) is 18.2 Å². The molecule has 1 aliphatic rings. The molecule has 0 radical (unpaired) electrons. The summed E-state index contributed by atoms with van der Waals surface area (Å²) in [6.45, 7) is 3.26. The Bertz CT molecular complexity index is 1020. The van der Waals surface area contributed by atoms with Crippen LogP contribution in [0.15, 0.2) is 47.0 Å². The summed E-state index contributed by atoms with van der Waals surface area (Å²) in [5.41, 5.74) is 2.03. The van der Waals surface area contributed by atoms with Gasteiger partial charge in [0.25, 0.3) is 5.88 Å². The zero-order valence-electron chi connectivity index (χ0n) is 15.4. The molecule has 0 unspecified atom stereocenters. The van der Waals surface area contributed by atoms with E-state index in [0.717, 1.165) is 5.56 Å². The van der Waals surface area contributed by atoms with Crippen LogP contribution in [0.1, 0.15) is 6.92 Å². The van der Waals surface area contributed by atoms with Crippen molar-refractivity contribution < 1.29 is 32.0 Å². The number of benzene rings is 2. The molecule has 3 aromatic rings. The molecule has 1 saturated heterocycles. The van der Waals surface area contributed by atoms with Crippen molar-refractivity contribution in [2.45, 2.75) is 13.3 Å². The van der Waals surface area contributed by atoms with Gasteiger partial charge in [-0.2, -0.15) is 0 Å². The van der Waals surface area contributed by atoms with Gasteiger partial charge in [-0.3, -0.25) is 4.79 Å². The maximum absolute atomic E-state index is 12.3. The highest BCUT2D eigenvalue weighted by Crippen LogP contribution is 2.32. The van der Waals surface area contributed by atoms with E-state index in [-0.39, 0.29) is 17.6 Å². The second-order valence-electron chi connectivity index (χ2n) is 6.87. The van der Waals surface area contributed by atoms with E-state index in [1.54, 1.807) is 29.2 Å². The molecule has 2 aromatic carbocycles. The SMILES string of the molecule is CC(=O)N1CC(COc2noc3ccc(-c4ccc(OC(F)(F)F)cc4)cc23)C1. The summed E-state index contributed by atoms with van der Waals surface area (Å²) in [7, 11) is 0. The third-order valence-electron chi connectivity index (χ3n) is 4.72. The Kier molecular flexibility index (Phi) is 4.81. The van der Waals surface area contributed by atoms with Crippen molar-refractivity contribution in [3.8, 4) is 22.8 Å². The van der Waals surface area contributed by atoms with Gasteiger partial charge in [0.2, 0.25) is 5.91 Å². The number of hydrogen-bond donors (Lipinski definition) is 0. The first-order valence-electron chi connectivity index (χ1n) is 8.92. The normalized spacial score (nSPS) is 14.7. The zero-order chi connectivity index (χ0) is 20.6. The number of ether oxygens (including phenoxy) is 2. The highest BCUT2D eigenvalue weighted by atomic mass is 19.4. The molecule has 9 heteroatoms. The van der Waals surface area contributed by atoms with Crippen LogP contribution in [0.25, 0.3) is 22.1 Å². The van der Waals surface area contributed by atoms with Crippen molar-refractivity contribution in [1.82, 2.24) is 10.1 Å². The first kappa shape index (κ1) is 19.1. The fraction of sp³-hybridized carbons (Fsp3) is 0.300. The Morgan fingerprint density at radius 2 is 1.86 bits per heavy atom. The van der Waals surface area contributed by atoms with Crippen molar-refractivity contribution in [1.29, 1.82) is 0 Å². The summed E-state index contributed by atoms with van der Waals surface area (Å²) in [4.78, 5) is 13.0. The van der Waals surface area contributed by atoms with Crippen molar-refractivity contribution in [3.05, 3.63) is 42.5 Å². The molecule has 0 atom stereocenters. The van der Waals surface area contributed by atoms with E-state index in [9.17, 15) is 18.0 Å². The van der Waals surface area contributed by atoms with Crippen LogP contribution in [0, 0.1) is 5.92 Å². The number of rotatable bonds is 5. The molecule has 0 bridgehead atoms. The lowest BCUT2D eigenvalue weighted by atomic mass is 10.0. The third kappa shape index (κ3) is 4.28. The molecule has 1 amide bonds. The lowest BCUT2D eigenvalue weighted by Gasteiger charge is -2.38. The first-order chi connectivity index (χ1) is 13.8. The van der Waals surface area contributed by atoms with E-state index in [1.807, 2.05) is 6.07 Å². The Labute approximate surface area is 163 Å². The molecular formula is C20H17F3N2O4. The van der Waals surface area contributed by atoms with Gasteiger partial charge in [0, 0.05) is 25.9 Å². The molecule has 4 rings (SSSR count). The predicted octanol–water partition coefficient (Wildman–Crippen LogP) is 4.25. The van der Waals surface area contributed by atoms with Crippen LogP contribution in [0.3, 0.4) is 0 Å². The molecule has 2 heterocycles. The maximum atomic E-state index is 12.3. The molecule has 0 N–H and O–H groups in total. The van der Waals surface area contributed by atoms with Gasteiger partial charge >= 0.3 is 6.36 Å². The van der Waals surface area contributed by atoms with E-state index < -0.39 is 6.36 Å². The number of fused-ring (bicyclic) bond motifs is 1. The summed E-state index contributed by atoms with van der Waals surface area (Å²) < 4.78 is 51.8. The molecule has 1 aliphatic heterocycles. The molecule has 1 fully saturated rings. The molecule has 6 nitrogen and oxygen atoms in total. The predicted molar refractivity (Wildman–Crippen MR) is 97.4 cm³/mol. The quantitative estimate of drug-likeness (QED) is 0.634. The Morgan fingerprint density at radius 1 is 1.17 bits per heavy atom. The van der Waals surface area contributed by atoms with Crippen molar-refractivity contribution in [2.24, 2.45) is 5.92 Å². The monoisotopic (exact) mass is 406 g/mol. The minimum atomic E-state index is -4.73. The number of halogens is 3. The van der Waals surface area contributed by atoms with Gasteiger partial charge in [-0.05, 0) is 40.5 Å². The van der Waals surface area contributed by atoms with Crippen LogP contribution in [-0.2, 0) is 4.79 Å². The summed E-state index contributed by atoms with van der Waals surface area (Å²) in [6, 6.07) is 10.9. The maximum Gasteiger partial charge on any atom is 0.573 e. The highest BCUT2D eigenvalue weighted by molar-refractivity contribution is 5.87. The minimum absolute atomic E-state index is 0.0458. The van der Waals surface area contributed by atoms with Crippen molar-refractivity contribution >= 4 is 16.9 Å². The number of alkyl halides is 3. The van der Waals surface area contributed by atoms with Gasteiger partial charge in [-0.15, -0.1) is 13.2 Å². The smallest absolute Gasteiger partial charge is 0.475 e. The summed E-state index contributed by atoms with van der Waals surface area (Å²) >= 11 is 0. The zero-order valence-corrected chi connectivity index (χ0v) is 15.4. The van der Waals surface area contributed by atoms with E-state index in [2.05, 4.69) is 9.89 Å². The number of likely N-dealkylation sites (tertiary alicyclic amines) is 1. The second-order valence-corrected chi connectivity index (χ2v) is 6.87. The molecule has 0 saturated carbocycles. The molecule has 0 aliphatic carbocycles. The standard InChI is InChI=1S/C20H17F3N2O4/c1-12(26)25-9-13(10-25)11-27-19-17-8-15(4-7-18(17)29-24-19)14-2-5-16(6-3-14)28-20(21,22)23/h2-8,13H,9-11H2,1H3. The molecule has 1 aromatic heterocycles. The average Bonchev–Trinajstić information content (AvgIpc) is 3.02.